The third-order valence-corrected chi connectivity index (χ3v) is 3.42. The van der Waals surface area contributed by atoms with Crippen LogP contribution < -0.4 is 5.73 Å². The summed E-state index contributed by atoms with van der Waals surface area (Å²) in [6.07, 6.45) is 1.73. The monoisotopic (exact) mass is 254 g/mol. The molecule has 0 aliphatic carbocycles. The van der Waals surface area contributed by atoms with Crippen molar-refractivity contribution in [1.82, 2.24) is 4.98 Å². The molecule has 1 aromatic heterocycles. The lowest BCUT2D eigenvalue weighted by Gasteiger charge is -1.94. The van der Waals surface area contributed by atoms with E-state index in [4.69, 9.17) is 5.73 Å². The molecule has 1 aromatic rings. The largest absolute Gasteiger partial charge is 0.468 e. The highest BCUT2D eigenvalue weighted by molar-refractivity contribution is 8.01. The second-order valence-electron chi connectivity index (χ2n) is 2.16. The Hall–Kier alpha value is -0.300. The van der Waals surface area contributed by atoms with Gasteiger partial charge in [-0.25, -0.2) is 4.98 Å². The van der Waals surface area contributed by atoms with E-state index in [0.29, 0.717) is 12.3 Å². The predicted octanol–water partition coefficient (Wildman–Crippen LogP) is 1.29. The highest BCUT2D eigenvalue weighted by atomic mass is 35.5. The van der Waals surface area contributed by atoms with Gasteiger partial charge in [-0.2, -0.15) is 0 Å². The SMILES string of the molecule is COC(=O)CSc1ncc(CN)s1.Cl. The number of methoxy groups -OCH3 is 1. The number of ether oxygens (including phenoxy) is 1. The highest BCUT2D eigenvalue weighted by Crippen LogP contribution is 2.23. The van der Waals surface area contributed by atoms with E-state index in [0.717, 1.165) is 9.22 Å². The molecule has 0 bridgehead atoms. The summed E-state index contributed by atoms with van der Waals surface area (Å²) in [5.41, 5.74) is 5.41. The molecular weight excluding hydrogens is 244 g/mol. The minimum Gasteiger partial charge on any atom is -0.468 e. The van der Waals surface area contributed by atoms with Crippen LogP contribution in [0.15, 0.2) is 10.5 Å². The van der Waals surface area contributed by atoms with Gasteiger partial charge >= 0.3 is 5.97 Å². The van der Waals surface area contributed by atoms with Gasteiger partial charge in [-0.05, 0) is 0 Å². The van der Waals surface area contributed by atoms with Gasteiger partial charge in [0.05, 0.1) is 12.9 Å². The number of thioether (sulfide) groups is 1. The Kier molecular flexibility index (Phi) is 6.90. The minimum atomic E-state index is -0.241. The lowest BCUT2D eigenvalue weighted by molar-refractivity contribution is -0.137. The number of nitrogens with zero attached hydrogens (tertiary/aromatic N) is 1. The average molecular weight is 255 g/mol. The van der Waals surface area contributed by atoms with Gasteiger partial charge in [0, 0.05) is 17.6 Å². The molecule has 14 heavy (non-hydrogen) atoms. The number of hydrogen-bond acceptors (Lipinski definition) is 6. The van der Waals surface area contributed by atoms with Crippen molar-refractivity contribution in [3.63, 3.8) is 0 Å². The number of aromatic nitrogens is 1. The molecule has 0 aromatic carbocycles. The first-order valence-electron chi connectivity index (χ1n) is 3.60. The van der Waals surface area contributed by atoms with E-state index in [-0.39, 0.29) is 18.4 Å². The Morgan fingerprint density at radius 3 is 3.00 bits per heavy atom. The molecule has 1 rings (SSSR count). The molecule has 0 radical (unpaired) electrons. The minimum absolute atomic E-state index is 0. The first-order chi connectivity index (χ1) is 6.26. The van der Waals surface area contributed by atoms with Crippen LogP contribution in [0.25, 0.3) is 0 Å². The van der Waals surface area contributed by atoms with Gasteiger partial charge in [0.15, 0.2) is 4.34 Å². The molecule has 1 heterocycles. The number of thiazole rings is 1. The molecule has 0 saturated carbocycles. The summed E-state index contributed by atoms with van der Waals surface area (Å²) in [4.78, 5) is 15.9. The summed E-state index contributed by atoms with van der Waals surface area (Å²) in [7, 11) is 1.37. The summed E-state index contributed by atoms with van der Waals surface area (Å²) >= 11 is 2.87. The fourth-order valence-corrected chi connectivity index (χ4v) is 2.37. The number of esters is 1. The summed E-state index contributed by atoms with van der Waals surface area (Å²) in [5.74, 6) is 0.0584. The van der Waals surface area contributed by atoms with E-state index in [2.05, 4.69) is 9.72 Å². The van der Waals surface area contributed by atoms with E-state index in [1.54, 1.807) is 6.20 Å². The second kappa shape index (κ2) is 7.05. The molecule has 80 valence electrons. The number of nitrogens with two attached hydrogens (primary N) is 1. The van der Waals surface area contributed by atoms with E-state index in [9.17, 15) is 4.79 Å². The van der Waals surface area contributed by atoms with Crippen molar-refractivity contribution in [2.24, 2.45) is 5.73 Å². The van der Waals surface area contributed by atoms with Gasteiger partial charge in [0.1, 0.15) is 0 Å². The number of rotatable bonds is 4. The second-order valence-corrected chi connectivity index (χ2v) is 4.50. The lowest BCUT2D eigenvalue weighted by Crippen LogP contribution is -2.02. The highest BCUT2D eigenvalue weighted by Gasteiger charge is 2.05. The normalized spacial score (nSPS) is 9.29. The third-order valence-electron chi connectivity index (χ3n) is 1.27. The third kappa shape index (κ3) is 4.28. The Balaban J connectivity index is 0.00000169. The Bertz CT molecular complexity index is 293. The summed E-state index contributed by atoms with van der Waals surface area (Å²) in [6, 6.07) is 0. The van der Waals surface area contributed by atoms with Gasteiger partial charge in [-0.15, -0.1) is 23.7 Å². The van der Waals surface area contributed by atoms with E-state index in [1.807, 2.05) is 0 Å². The van der Waals surface area contributed by atoms with E-state index in [1.165, 1.54) is 30.2 Å². The van der Waals surface area contributed by atoms with Crippen LogP contribution in [0.1, 0.15) is 4.88 Å². The molecule has 0 atom stereocenters. The molecule has 7 heteroatoms. The number of hydrogen-bond donors (Lipinski definition) is 1. The smallest absolute Gasteiger partial charge is 0.316 e. The van der Waals surface area contributed by atoms with Crippen molar-refractivity contribution in [3.05, 3.63) is 11.1 Å². The quantitative estimate of drug-likeness (QED) is 0.648. The fraction of sp³-hybridized carbons (Fsp3) is 0.429. The van der Waals surface area contributed by atoms with Crippen LogP contribution in [0.5, 0.6) is 0 Å². The maximum atomic E-state index is 10.8. The van der Waals surface area contributed by atoms with Crippen molar-refractivity contribution in [2.75, 3.05) is 12.9 Å². The average Bonchev–Trinajstić information content (AvgIpc) is 2.61. The van der Waals surface area contributed by atoms with Gasteiger partial charge in [0.25, 0.3) is 0 Å². The van der Waals surface area contributed by atoms with E-state index >= 15 is 0 Å². The molecule has 0 aliphatic rings. The van der Waals surface area contributed by atoms with Crippen LogP contribution in [0, 0.1) is 0 Å². The van der Waals surface area contributed by atoms with Crippen LogP contribution >= 0.6 is 35.5 Å². The van der Waals surface area contributed by atoms with Crippen molar-refractivity contribution in [2.45, 2.75) is 10.9 Å². The van der Waals surface area contributed by atoms with Crippen molar-refractivity contribution in [3.8, 4) is 0 Å². The molecular formula is C7H11ClN2O2S2. The van der Waals surface area contributed by atoms with E-state index < -0.39 is 0 Å². The molecule has 4 nitrogen and oxygen atoms in total. The predicted molar refractivity (Wildman–Crippen MR) is 60.0 cm³/mol. The summed E-state index contributed by atoms with van der Waals surface area (Å²) < 4.78 is 5.35. The zero-order valence-corrected chi connectivity index (χ0v) is 10.0. The zero-order valence-electron chi connectivity index (χ0n) is 7.56. The zero-order chi connectivity index (χ0) is 9.68. The van der Waals surface area contributed by atoms with Crippen LogP contribution in [0.4, 0.5) is 0 Å². The number of carbonyl (C=O) groups is 1. The molecule has 0 unspecified atom stereocenters. The fourth-order valence-electron chi connectivity index (χ4n) is 0.630. The van der Waals surface area contributed by atoms with Gasteiger partial charge in [0.2, 0.25) is 0 Å². The molecule has 0 amide bonds. The van der Waals surface area contributed by atoms with Gasteiger partial charge in [-0.1, -0.05) is 11.8 Å². The topological polar surface area (TPSA) is 65.2 Å². The standard InChI is InChI=1S/C7H10N2O2S2.ClH/c1-11-6(10)4-12-7-9-3-5(2-8)13-7;/h3H,2,4,8H2,1H3;1H. The van der Waals surface area contributed by atoms with Crippen molar-refractivity contribution in [1.29, 1.82) is 0 Å². The van der Waals surface area contributed by atoms with Crippen molar-refractivity contribution >= 4 is 41.5 Å². The first kappa shape index (κ1) is 13.7. The molecule has 2 N–H and O–H groups in total. The number of halogens is 1. The van der Waals surface area contributed by atoms with Crippen molar-refractivity contribution < 1.29 is 9.53 Å². The maximum Gasteiger partial charge on any atom is 0.316 e. The Labute approximate surface area is 96.6 Å². The molecule has 0 saturated heterocycles. The summed E-state index contributed by atoms with van der Waals surface area (Å²) in [6.45, 7) is 0.496. The van der Waals surface area contributed by atoms with Crippen LogP contribution in [0.2, 0.25) is 0 Å². The van der Waals surface area contributed by atoms with Gasteiger partial charge in [-0.3, -0.25) is 4.79 Å². The first-order valence-corrected chi connectivity index (χ1v) is 5.41. The molecule has 0 aliphatic heterocycles. The van der Waals surface area contributed by atoms with Crippen LogP contribution in [-0.2, 0) is 16.1 Å². The van der Waals surface area contributed by atoms with Crippen LogP contribution in [-0.4, -0.2) is 23.8 Å². The van der Waals surface area contributed by atoms with Crippen LogP contribution in [0.3, 0.4) is 0 Å². The molecule has 0 fully saturated rings. The molecule has 0 spiro atoms. The Morgan fingerprint density at radius 2 is 2.50 bits per heavy atom. The Morgan fingerprint density at radius 1 is 1.79 bits per heavy atom. The number of carbonyl (C=O) groups excluding carboxylic acids is 1. The maximum absolute atomic E-state index is 10.8. The lowest BCUT2D eigenvalue weighted by atomic mass is 10.6. The summed E-state index contributed by atoms with van der Waals surface area (Å²) in [5, 5.41) is 0. The van der Waals surface area contributed by atoms with Gasteiger partial charge < -0.3 is 10.5 Å².